The topological polar surface area (TPSA) is 65.2 Å². The standard InChI is InChI=1S/C23H25N3O2/c1-2-26-13-3-4-20(26)15-25-22(27)18-8-5-16(6-9-18)19-10-7-17-11-12-24-23(28)21(17)14-19/h5-12,14,20H,2-4,13,15H2,1H3,(H,24,28)(H,25,27). The Labute approximate surface area is 164 Å². The minimum atomic E-state index is -0.0941. The summed E-state index contributed by atoms with van der Waals surface area (Å²) in [5.41, 5.74) is 2.50. The van der Waals surface area contributed by atoms with Crippen LogP contribution in [-0.2, 0) is 0 Å². The number of carbonyl (C=O) groups excluding carboxylic acids is 1. The number of aromatic nitrogens is 1. The van der Waals surface area contributed by atoms with Gasteiger partial charge in [-0.2, -0.15) is 0 Å². The van der Waals surface area contributed by atoms with Crippen molar-refractivity contribution in [2.75, 3.05) is 19.6 Å². The van der Waals surface area contributed by atoms with Crippen LogP contribution in [-0.4, -0.2) is 41.5 Å². The van der Waals surface area contributed by atoms with Gasteiger partial charge in [0.25, 0.3) is 11.5 Å². The number of fused-ring (bicyclic) bond motifs is 1. The predicted molar refractivity (Wildman–Crippen MR) is 113 cm³/mol. The van der Waals surface area contributed by atoms with E-state index in [1.54, 1.807) is 6.20 Å². The summed E-state index contributed by atoms with van der Waals surface area (Å²) >= 11 is 0. The van der Waals surface area contributed by atoms with Gasteiger partial charge in [0.15, 0.2) is 0 Å². The van der Waals surface area contributed by atoms with Gasteiger partial charge in [-0.1, -0.05) is 31.2 Å². The van der Waals surface area contributed by atoms with Crippen LogP contribution in [0.15, 0.2) is 59.5 Å². The number of carbonyl (C=O) groups is 1. The number of nitrogens with zero attached hydrogens (tertiary/aromatic N) is 1. The third kappa shape index (κ3) is 3.71. The first-order valence-electron chi connectivity index (χ1n) is 9.90. The van der Waals surface area contributed by atoms with Crippen LogP contribution in [0.5, 0.6) is 0 Å². The number of benzene rings is 2. The molecule has 0 aliphatic carbocycles. The number of likely N-dealkylation sites (tertiary alicyclic amines) is 1. The van der Waals surface area contributed by atoms with Gasteiger partial charge in [0, 0.05) is 29.7 Å². The molecule has 2 N–H and O–H groups in total. The lowest BCUT2D eigenvalue weighted by Crippen LogP contribution is -2.40. The summed E-state index contributed by atoms with van der Waals surface area (Å²) in [7, 11) is 0. The third-order valence-electron chi connectivity index (χ3n) is 5.66. The molecule has 0 bridgehead atoms. The van der Waals surface area contributed by atoms with E-state index in [9.17, 15) is 9.59 Å². The fourth-order valence-corrected chi connectivity index (χ4v) is 4.03. The summed E-state index contributed by atoms with van der Waals surface area (Å²) in [5.74, 6) is -0.0375. The summed E-state index contributed by atoms with van der Waals surface area (Å²) < 4.78 is 0. The molecular formula is C23H25N3O2. The van der Waals surface area contributed by atoms with E-state index in [4.69, 9.17) is 0 Å². The molecule has 1 unspecified atom stereocenters. The summed E-state index contributed by atoms with van der Waals surface area (Å²) in [6, 6.07) is 15.7. The van der Waals surface area contributed by atoms with Crippen molar-refractivity contribution in [3.63, 3.8) is 0 Å². The molecule has 1 aliphatic rings. The largest absolute Gasteiger partial charge is 0.350 e. The SMILES string of the molecule is CCN1CCCC1CNC(=O)c1ccc(-c2ccc3cc[nH]c(=O)c3c2)cc1. The van der Waals surface area contributed by atoms with Crippen molar-refractivity contribution in [1.82, 2.24) is 15.2 Å². The van der Waals surface area contributed by atoms with Gasteiger partial charge in [-0.25, -0.2) is 0 Å². The zero-order valence-electron chi connectivity index (χ0n) is 16.1. The molecule has 1 aromatic heterocycles. The van der Waals surface area contributed by atoms with Gasteiger partial charge in [0.1, 0.15) is 0 Å². The van der Waals surface area contributed by atoms with E-state index < -0.39 is 0 Å². The zero-order valence-corrected chi connectivity index (χ0v) is 16.1. The lowest BCUT2D eigenvalue weighted by atomic mass is 10.0. The molecule has 1 aliphatic heterocycles. The molecule has 5 heteroatoms. The van der Waals surface area contributed by atoms with Crippen LogP contribution in [0.25, 0.3) is 21.9 Å². The molecule has 28 heavy (non-hydrogen) atoms. The van der Waals surface area contributed by atoms with E-state index in [0.717, 1.165) is 36.0 Å². The maximum Gasteiger partial charge on any atom is 0.255 e. The monoisotopic (exact) mass is 375 g/mol. The quantitative estimate of drug-likeness (QED) is 0.718. The first-order valence-corrected chi connectivity index (χ1v) is 9.90. The number of nitrogens with one attached hydrogen (secondary N) is 2. The Bertz CT molecular complexity index is 1040. The second-order valence-electron chi connectivity index (χ2n) is 7.32. The van der Waals surface area contributed by atoms with Gasteiger partial charge in [0.2, 0.25) is 0 Å². The Balaban J connectivity index is 1.47. The van der Waals surface area contributed by atoms with Crippen molar-refractivity contribution in [3.05, 3.63) is 70.6 Å². The number of hydrogen-bond acceptors (Lipinski definition) is 3. The molecule has 5 nitrogen and oxygen atoms in total. The molecule has 1 fully saturated rings. The molecule has 3 aromatic rings. The molecule has 0 saturated carbocycles. The molecule has 4 rings (SSSR count). The third-order valence-corrected chi connectivity index (χ3v) is 5.66. The zero-order chi connectivity index (χ0) is 19.5. The van der Waals surface area contributed by atoms with E-state index in [2.05, 4.69) is 22.1 Å². The molecule has 0 radical (unpaired) electrons. The summed E-state index contributed by atoms with van der Waals surface area (Å²) in [5, 5.41) is 4.65. The predicted octanol–water partition coefficient (Wildman–Crippen LogP) is 3.41. The highest BCUT2D eigenvalue weighted by Crippen LogP contribution is 2.23. The Morgan fingerprint density at radius 3 is 2.71 bits per heavy atom. The summed E-state index contributed by atoms with van der Waals surface area (Å²) in [4.78, 5) is 29.6. The van der Waals surface area contributed by atoms with Crippen LogP contribution >= 0.6 is 0 Å². The molecule has 2 heterocycles. The molecule has 0 spiro atoms. The minimum absolute atomic E-state index is 0.0375. The lowest BCUT2D eigenvalue weighted by molar-refractivity contribution is 0.0941. The maximum absolute atomic E-state index is 12.5. The molecule has 1 amide bonds. The number of likely N-dealkylation sites (N-methyl/N-ethyl adjacent to an activating group) is 1. The highest BCUT2D eigenvalue weighted by atomic mass is 16.1. The second kappa shape index (κ2) is 7.98. The van der Waals surface area contributed by atoms with Crippen LogP contribution in [0.4, 0.5) is 0 Å². The number of hydrogen-bond donors (Lipinski definition) is 2. The van der Waals surface area contributed by atoms with E-state index in [0.29, 0.717) is 23.5 Å². The smallest absolute Gasteiger partial charge is 0.255 e. The highest BCUT2D eigenvalue weighted by Gasteiger charge is 2.23. The van der Waals surface area contributed by atoms with Crippen molar-refractivity contribution in [2.24, 2.45) is 0 Å². The van der Waals surface area contributed by atoms with Gasteiger partial charge in [-0.3, -0.25) is 14.5 Å². The molecule has 2 aromatic carbocycles. The fourth-order valence-electron chi connectivity index (χ4n) is 4.03. The minimum Gasteiger partial charge on any atom is -0.350 e. The van der Waals surface area contributed by atoms with Gasteiger partial charge in [0.05, 0.1) is 0 Å². The molecule has 1 saturated heterocycles. The van der Waals surface area contributed by atoms with E-state index in [1.165, 1.54) is 6.42 Å². The Morgan fingerprint density at radius 1 is 1.14 bits per heavy atom. The van der Waals surface area contributed by atoms with E-state index >= 15 is 0 Å². The Kier molecular flexibility index (Phi) is 5.26. The van der Waals surface area contributed by atoms with Gasteiger partial charge in [-0.15, -0.1) is 0 Å². The molecular weight excluding hydrogens is 350 g/mol. The average Bonchev–Trinajstić information content (AvgIpc) is 3.20. The average molecular weight is 375 g/mol. The van der Waals surface area contributed by atoms with Crippen LogP contribution in [0.1, 0.15) is 30.1 Å². The van der Waals surface area contributed by atoms with E-state index in [-0.39, 0.29) is 11.5 Å². The van der Waals surface area contributed by atoms with Crippen molar-refractivity contribution >= 4 is 16.7 Å². The van der Waals surface area contributed by atoms with Crippen molar-refractivity contribution in [3.8, 4) is 11.1 Å². The van der Waals surface area contributed by atoms with Gasteiger partial charge < -0.3 is 10.3 Å². The molecule has 1 atom stereocenters. The van der Waals surface area contributed by atoms with Crippen molar-refractivity contribution < 1.29 is 4.79 Å². The van der Waals surface area contributed by atoms with Crippen LogP contribution in [0, 0.1) is 0 Å². The fraction of sp³-hybridized carbons (Fsp3) is 0.304. The number of rotatable bonds is 5. The summed E-state index contributed by atoms with van der Waals surface area (Å²) in [6.07, 6.45) is 4.01. The van der Waals surface area contributed by atoms with Gasteiger partial charge in [-0.05, 0) is 66.7 Å². The number of aromatic amines is 1. The second-order valence-corrected chi connectivity index (χ2v) is 7.32. The highest BCUT2D eigenvalue weighted by molar-refractivity contribution is 5.95. The van der Waals surface area contributed by atoms with Crippen LogP contribution < -0.4 is 10.9 Å². The van der Waals surface area contributed by atoms with Crippen molar-refractivity contribution in [1.29, 1.82) is 0 Å². The van der Waals surface area contributed by atoms with Gasteiger partial charge >= 0.3 is 0 Å². The van der Waals surface area contributed by atoms with Crippen LogP contribution in [0.3, 0.4) is 0 Å². The molecule has 144 valence electrons. The number of amides is 1. The first-order chi connectivity index (χ1) is 13.7. The number of H-pyrrole nitrogens is 1. The van der Waals surface area contributed by atoms with E-state index in [1.807, 2.05) is 48.5 Å². The van der Waals surface area contributed by atoms with Crippen LogP contribution in [0.2, 0.25) is 0 Å². The lowest BCUT2D eigenvalue weighted by Gasteiger charge is -2.22. The normalized spacial score (nSPS) is 17.1. The van der Waals surface area contributed by atoms with Crippen molar-refractivity contribution in [2.45, 2.75) is 25.8 Å². The first kappa shape index (κ1) is 18.4. The Hall–Kier alpha value is -2.92. The summed E-state index contributed by atoms with van der Waals surface area (Å²) in [6.45, 7) is 5.02. The number of pyridine rings is 1. The Morgan fingerprint density at radius 2 is 1.93 bits per heavy atom. The maximum atomic E-state index is 12.5.